The second-order valence-corrected chi connectivity index (χ2v) is 3.09. The summed E-state index contributed by atoms with van der Waals surface area (Å²) in [6.45, 7) is 0. The fraction of sp³-hybridized carbons (Fsp3) is 0.250. The standard InChI is InChI=1S/C8H10N4O2/c1-11-4-3-9-6-5(11)7(13)10-8(14)12(6)2/h3-4,9H,1-2H3,(H,10,13,14). The molecular weight excluding hydrogens is 184 g/mol. The van der Waals surface area contributed by atoms with Crippen molar-refractivity contribution in [3.63, 3.8) is 0 Å². The summed E-state index contributed by atoms with van der Waals surface area (Å²) in [5.74, 6) is 0.503. The number of anilines is 2. The van der Waals surface area contributed by atoms with Gasteiger partial charge < -0.3 is 10.2 Å². The maximum Gasteiger partial charge on any atom is 0.329 e. The molecule has 1 aromatic rings. The molecule has 0 aromatic carbocycles. The predicted molar refractivity (Wildman–Crippen MR) is 53.5 cm³/mol. The molecule has 0 unspecified atom stereocenters. The summed E-state index contributed by atoms with van der Waals surface area (Å²) >= 11 is 0. The molecule has 0 saturated carbocycles. The minimum Gasteiger partial charge on any atom is -0.345 e. The van der Waals surface area contributed by atoms with Crippen LogP contribution in [-0.2, 0) is 7.05 Å². The summed E-state index contributed by atoms with van der Waals surface area (Å²) in [5.41, 5.74) is -0.373. The molecule has 2 heterocycles. The zero-order valence-electron chi connectivity index (χ0n) is 7.87. The van der Waals surface area contributed by atoms with Gasteiger partial charge in [-0.25, -0.2) is 4.79 Å². The Morgan fingerprint density at radius 3 is 2.71 bits per heavy atom. The van der Waals surface area contributed by atoms with Crippen molar-refractivity contribution < 1.29 is 0 Å². The molecule has 0 spiro atoms. The Labute approximate surface area is 79.5 Å². The molecule has 0 saturated heterocycles. The van der Waals surface area contributed by atoms with Crippen LogP contribution in [0.2, 0.25) is 0 Å². The molecule has 0 radical (unpaired) electrons. The lowest BCUT2D eigenvalue weighted by atomic mass is 10.3. The van der Waals surface area contributed by atoms with Gasteiger partial charge in [-0.1, -0.05) is 0 Å². The van der Waals surface area contributed by atoms with Crippen LogP contribution in [0.4, 0.5) is 11.5 Å². The summed E-state index contributed by atoms with van der Waals surface area (Å²) in [6, 6.07) is 0. The molecule has 74 valence electrons. The number of hydrogen-bond donors (Lipinski definition) is 2. The Morgan fingerprint density at radius 2 is 2.00 bits per heavy atom. The number of hydrogen-bond acceptors (Lipinski definition) is 4. The van der Waals surface area contributed by atoms with E-state index in [1.165, 1.54) is 4.57 Å². The first-order valence-corrected chi connectivity index (χ1v) is 4.10. The predicted octanol–water partition coefficient (Wildman–Crippen LogP) is -0.594. The molecule has 1 aliphatic rings. The van der Waals surface area contributed by atoms with Crippen molar-refractivity contribution in [1.82, 2.24) is 9.55 Å². The van der Waals surface area contributed by atoms with Crippen LogP contribution in [0.25, 0.3) is 0 Å². The van der Waals surface area contributed by atoms with Gasteiger partial charge in [0.05, 0.1) is 0 Å². The fourth-order valence-electron chi connectivity index (χ4n) is 1.40. The fourth-order valence-corrected chi connectivity index (χ4v) is 1.40. The van der Waals surface area contributed by atoms with E-state index in [1.807, 2.05) is 0 Å². The Kier molecular flexibility index (Phi) is 1.70. The first kappa shape index (κ1) is 8.61. The molecule has 0 aliphatic carbocycles. The van der Waals surface area contributed by atoms with Crippen LogP contribution in [0, 0.1) is 0 Å². The van der Waals surface area contributed by atoms with Crippen molar-refractivity contribution in [1.29, 1.82) is 0 Å². The number of aromatic amines is 1. The van der Waals surface area contributed by atoms with Gasteiger partial charge >= 0.3 is 5.69 Å². The highest BCUT2D eigenvalue weighted by Gasteiger charge is 2.16. The molecule has 14 heavy (non-hydrogen) atoms. The number of fused-ring (bicyclic) bond motifs is 1. The van der Waals surface area contributed by atoms with E-state index in [0.717, 1.165) is 0 Å². The summed E-state index contributed by atoms with van der Waals surface area (Å²) in [7, 11) is 3.34. The number of nitrogens with zero attached hydrogens (tertiary/aromatic N) is 2. The third kappa shape index (κ3) is 1.04. The van der Waals surface area contributed by atoms with Crippen LogP contribution < -0.4 is 21.5 Å². The minimum absolute atomic E-state index is 0.387. The summed E-state index contributed by atoms with van der Waals surface area (Å²) in [5, 5.41) is 2.86. The second kappa shape index (κ2) is 2.76. The zero-order valence-corrected chi connectivity index (χ0v) is 7.87. The van der Waals surface area contributed by atoms with Crippen LogP contribution >= 0.6 is 0 Å². The molecular formula is C8H10N4O2. The van der Waals surface area contributed by atoms with Crippen molar-refractivity contribution in [2.45, 2.75) is 0 Å². The highest BCUT2D eigenvalue weighted by molar-refractivity contribution is 5.69. The quantitative estimate of drug-likeness (QED) is 0.579. The van der Waals surface area contributed by atoms with Crippen LogP contribution in [0.1, 0.15) is 0 Å². The number of H-pyrrole nitrogens is 1. The normalized spacial score (nSPS) is 13.7. The van der Waals surface area contributed by atoms with Crippen molar-refractivity contribution in [2.24, 2.45) is 7.05 Å². The van der Waals surface area contributed by atoms with Gasteiger partial charge in [-0.05, 0) is 0 Å². The lowest BCUT2D eigenvalue weighted by Crippen LogP contribution is -2.35. The summed E-state index contributed by atoms with van der Waals surface area (Å²) in [6.07, 6.45) is 3.38. The highest BCUT2D eigenvalue weighted by atomic mass is 16.2. The van der Waals surface area contributed by atoms with E-state index in [1.54, 1.807) is 31.4 Å². The topological polar surface area (TPSA) is 70.1 Å². The average molecular weight is 194 g/mol. The highest BCUT2D eigenvalue weighted by Crippen LogP contribution is 2.20. The summed E-state index contributed by atoms with van der Waals surface area (Å²) < 4.78 is 1.36. The Bertz CT molecular complexity index is 511. The molecule has 1 aliphatic heterocycles. The van der Waals surface area contributed by atoms with E-state index < -0.39 is 5.69 Å². The van der Waals surface area contributed by atoms with E-state index in [0.29, 0.717) is 11.5 Å². The first-order chi connectivity index (χ1) is 6.61. The van der Waals surface area contributed by atoms with E-state index in [9.17, 15) is 9.59 Å². The number of aromatic nitrogens is 2. The van der Waals surface area contributed by atoms with Gasteiger partial charge in [0.15, 0.2) is 0 Å². The van der Waals surface area contributed by atoms with Gasteiger partial charge in [-0.3, -0.25) is 14.3 Å². The molecule has 2 rings (SSSR count). The smallest absolute Gasteiger partial charge is 0.329 e. The van der Waals surface area contributed by atoms with Gasteiger partial charge in [0.2, 0.25) is 0 Å². The van der Waals surface area contributed by atoms with E-state index >= 15 is 0 Å². The molecule has 1 aromatic heterocycles. The molecule has 6 heteroatoms. The molecule has 6 nitrogen and oxygen atoms in total. The Morgan fingerprint density at radius 1 is 1.29 bits per heavy atom. The van der Waals surface area contributed by atoms with E-state index in [4.69, 9.17) is 0 Å². The van der Waals surface area contributed by atoms with Gasteiger partial charge in [-0.15, -0.1) is 0 Å². The van der Waals surface area contributed by atoms with E-state index in [-0.39, 0.29) is 5.56 Å². The van der Waals surface area contributed by atoms with E-state index in [2.05, 4.69) is 10.3 Å². The zero-order chi connectivity index (χ0) is 10.3. The third-order valence-electron chi connectivity index (χ3n) is 2.17. The maximum atomic E-state index is 11.5. The maximum absolute atomic E-state index is 11.5. The van der Waals surface area contributed by atoms with Crippen molar-refractivity contribution in [2.75, 3.05) is 17.3 Å². The molecule has 0 amide bonds. The average Bonchev–Trinajstić information content (AvgIpc) is 2.14. The van der Waals surface area contributed by atoms with Crippen LogP contribution in [0.3, 0.4) is 0 Å². The van der Waals surface area contributed by atoms with Crippen molar-refractivity contribution in [3.8, 4) is 0 Å². The summed E-state index contributed by atoms with van der Waals surface area (Å²) in [4.78, 5) is 26.6. The largest absolute Gasteiger partial charge is 0.345 e. The third-order valence-corrected chi connectivity index (χ3v) is 2.17. The van der Waals surface area contributed by atoms with Gasteiger partial charge in [0.1, 0.15) is 11.5 Å². The Balaban J connectivity index is 2.83. The van der Waals surface area contributed by atoms with Gasteiger partial charge in [-0.2, -0.15) is 0 Å². The number of nitrogens with one attached hydrogen (secondary N) is 2. The monoisotopic (exact) mass is 194 g/mol. The molecule has 2 N–H and O–H groups in total. The lowest BCUT2D eigenvalue weighted by Gasteiger charge is -2.22. The SMILES string of the molecule is CN1C=CNc2c1c(=O)[nH]c(=O)n2C. The van der Waals surface area contributed by atoms with Crippen LogP contribution in [-0.4, -0.2) is 16.6 Å². The lowest BCUT2D eigenvalue weighted by molar-refractivity contribution is 0.802. The molecule has 0 atom stereocenters. The first-order valence-electron chi connectivity index (χ1n) is 4.10. The number of rotatable bonds is 0. The van der Waals surface area contributed by atoms with Crippen LogP contribution in [0.15, 0.2) is 22.0 Å². The van der Waals surface area contributed by atoms with Gasteiger partial charge in [0, 0.05) is 26.5 Å². The van der Waals surface area contributed by atoms with Crippen molar-refractivity contribution in [3.05, 3.63) is 33.2 Å². The van der Waals surface area contributed by atoms with Crippen LogP contribution in [0.5, 0.6) is 0 Å². The van der Waals surface area contributed by atoms with Gasteiger partial charge in [0.25, 0.3) is 5.56 Å². The molecule has 0 fully saturated rings. The van der Waals surface area contributed by atoms with Crippen molar-refractivity contribution >= 4 is 11.5 Å². The minimum atomic E-state index is -0.426. The second-order valence-electron chi connectivity index (χ2n) is 3.09. The molecule has 0 bridgehead atoms. The Hall–Kier alpha value is -1.98.